The third-order valence-corrected chi connectivity index (χ3v) is 3.96. The molecular formula is C17H16N2O4. The van der Waals surface area contributed by atoms with Gasteiger partial charge in [0.15, 0.2) is 0 Å². The molecule has 118 valence electrons. The Kier molecular flexibility index (Phi) is 3.97. The molecule has 0 saturated heterocycles. The summed E-state index contributed by atoms with van der Waals surface area (Å²) in [6.07, 6.45) is 1.65. The third-order valence-electron chi connectivity index (χ3n) is 3.96. The first-order valence-corrected chi connectivity index (χ1v) is 7.33. The highest BCUT2D eigenvalue weighted by atomic mass is 16.6. The molecule has 1 amide bonds. The van der Waals surface area contributed by atoms with Crippen LogP contribution in [-0.4, -0.2) is 24.5 Å². The van der Waals surface area contributed by atoms with E-state index in [0.717, 1.165) is 18.4 Å². The summed E-state index contributed by atoms with van der Waals surface area (Å²) in [6, 6.07) is 11.6. The fraction of sp³-hybridized carbons (Fsp3) is 0.235. The lowest BCUT2D eigenvalue weighted by atomic mass is 10.00. The number of carbonyl (C=O) groups excluding carboxylic acids is 1. The number of non-ortho nitro benzene ring substituents is 1. The van der Waals surface area contributed by atoms with Crippen LogP contribution in [0.1, 0.15) is 22.3 Å². The molecule has 0 saturated carbocycles. The number of hydrogen-bond acceptors (Lipinski definition) is 4. The van der Waals surface area contributed by atoms with Crippen LogP contribution in [-0.2, 0) is 6.42 Å². The number of benzene rings is 2. The molecule has 0 radical (unpaired) electrons. The highest BCUT2D eigenvalue weighted by Gasteiger charge is 2.25. The average Bonchev–Trinajstić information content (AvgIpc) is 2.60. The zero-order chi connectivity index (χ0) is 16.4. The van der Waals surface area contributed by atoms with Gasteiger partial charge in [0.05, 0.1) is 17.7 Å². The summed E-state index contributed by atoms with van der Waals surface area (Å²) in [6.45, 7) is 0.546. The van der Waals surface area contributed by atoms with Gasteiger partial charge in [-0.3, -0.25) is 14.9 Å². The van der Waals surface area contributed by atoms with E-state index < -0.39 is 4.92 Å². The maximum atomic E-state index is 12.8. The molecule has 0 unspecified atom stereocenters. The van der Waals surface area contributed by atoms with E-state index in [1.54, 1.807) is 42.3 Å². The summed E-state index contributed by atoms with van der Waals surface area (Å²) in [4.78, 5) is 25.0. The lowest BCUT2D eigenvalue weighted by molar-refractivity contribution is -0.384. The van der Waals surface area contributed by atoms with Gasteiger partial charge >= 0.3 is 0 Å². The number of fused-ring (bicyclic) bond motifs is 1. The smallest absolute Gasteiger partial charge is 0.271 e. The minimum atomic E-state index is -0.441. The molecular weight excluding hydrogens is 296 g/mol. The highest BCUT2D eigenvalue weighted by molar-refractivity contribution is 6.07. The summed E-state index contributed by atoms with van der Waals surface area (Å²) in [5.41, 5.74) is 2.08. The fourth-order valence-corrected chi connectivity index (χ4v) is 2.80. The largest absolute Gasteiger partial charge is 0.497 e. The van der Waals surface area contributed by atoms with Crippen LogP contribution in [0.2, 0.25) is 0 Å². The number of aryl methyl sites for hydroxylation is 1. The molecule has 0 fully saturated rings. The number of nitrogens with zero attached hydrogens (tertiary/aromatic N) is 2. The Labute approximate surface area is 133 Å². The van der Waals surface area contributed by atoms with Gasteiger partial charge in [0.25, 0.3) is 11.6 Å². The first-order chi connectivity index (χ1) is 11.1. The highest BCUT2D eigenvalue weighted by Crippen LogP contribution is 2.32. The number of methoxy groups -OCH3 is 1. The predicted octanol–water partition coefficient (Wildman–Crippen LogP) is 3.20. The van der Waals surface area contributed by atoms with Crippen molar-refractivity contribution in [3.8, 4) is 5.75 Å². The van der Waals surface area contributed by atoms with Crippen molar-refractivity contribution >= 4 is 17.3 Å². The topological polar surface area (TPSA) is 72.7 Å². The summed E-state index contributed by atoms with van der Waals surface area (Å²) < 4.78 is 5.15. The molecule has 0 atom stereocenters. The standard InChI is InChI=1S/C17H16N2O4/c1-23-15-6-2-4-13(10-15)17(20)18-9-3-5-12-7-8-14(19(21)22)11-16(12)18/h2,4,6-8,10-11H,3,5,9H2,1H3. The summed E-state index contributed by atoms with van der Waals surface area (Å²) in [5, 5.41) is 11.0. The second-order valence-corrected chi connectivity index (χ2v) is 5.36. The first-order valence-electron chi connectivity index (χ1n) is 7.33. The number of amides is 1. The molecule has 0 spiro atoms. The zero-order valence-corrected chi connectivity index (χ0v) is 12.7. The van der Waals surface area contributed by atoms with Crippen molar-refractivity contribution in [2.24, 2.45) is 0 Å². The van der Waals surface area contributed by atoms with Crippen LogP contribution >= 0.6 is 0 Å². The Morgan fingerprint density at radius 1 is 1.26 bits per heavy atom. The molecule has 1 aliphatic heterocycles. The van der Waals surface area contributed by atoms with Crippen molar-refractivity contribution in [3.05, 3.63) is 63.7 Å². The van der Waals surface area contributed by atoms with Gasteiger partial charge < -0.3 is 9.64 Å². The van der Waals surface area contributed by atoms with E-state index in [0.29, 0.717) is 23.5 Å². The van der Waals surface area contributed by atoms with Gasteiger partial charge in [-0.1, -0.05) is 12.1 Å². The van der Waals surface area contributed by atoms with Crippen LogP contribution in [0.5, 0.6) is 5.75 Å². The number of anilines is 1. The Morgan fingerprint density at radius 2 is 2.09 bits per heavy atom. The number of carbonyl (C=O) groups is 1. The van der Waals surface area contributed by atoms with E-state index in [9.17, 15) is 14.9 Å². The van der Waals surface area contributed by atoms with E-state index >= 15 is 0 Å². The number of hydrogen-bond donors (Lipinski definition) is 0. The minimum Gasteiger partial charge on any atom is -0.497 e. The summed E-state index contributed by atoms with van der Waals surface area (Å²) in [7, 11) is 1.54. The lowest BCUT2D eigenvalue weighted by Gasteiger charge is -2.29. The molecule has 23 heavy (non-hydrogen) atoms. The number of rotatable bonds is 3. The maximum Gasteiger partial charge on any atom is 0.271 e. The van der Waals surface area contributed by atoms with Crippen LogP contribution in [0.4, 0.5) is 11.4 Å². The first kappa shape index (κ1) is 15.0. The van der Waals surface area contributed by atoms with Gasteiger partial charge in [-0.15, -0.1) is 0 Å². The van der Waals surface area contributed by atoms with E-state index in [1.165, 1.54) is 12.1 Å². The maximum absolute atomic E-state index is 12.8. The molecule has 2 aromatic carbocycles. The van der Waals surface area contributed by atoms with Gasteiger partial charge in [0.1, 0.15) is 5.75 Å². The van der Waals surface area contributed by atoms with Crippen molar-refractivity contribution < 1.29 is 14.5 Å². The summed E-state index contributed by atoms with van der Waals surface area (Å²) in [5.74, 6) is 0.428. The second-order valence-electron chi connectivity index (χ2n) is 5.36. The summed E-state index contributed by atoms with van der Waals surface area (Å²) >= 11 is 0. The van der Waals surface area contributed by atoms with Crippen molar-refractivity contribution in [1.29, 1.82) is 0 Å². The van der Waals surface area contributed by atoms with E-state index in [2.05, 4.69) is 0 Å². The van der Waals surface area contributed by atoms with Gasteiger partial charge in [0, 0.05) is 24.2 Å². The Balaban J connectivity index is 2.00. The van der Waals surface area contributed by atoms with Gasteiger partial charge in [-0.25, -0.2) is 0 Å². The number of nitro groups is 1. The van der Waals surface area contributed by atoms with E-state index in [4.69, 9.17) is 4.74 Å². The second kappa shape index (κ2) is 6.08. The molecule has 0 bridgehead atoms. The zero-order valence-electron chi connectivity index (χ0n) is 12.7. The molecule has 6 heteroatoms. The molecule has 0 aromatic heterocycles. The predicted molar refractivity (Wildman–Crippen MR) is 86.1 cm³/mol. The van der Waals surface area contributed by atoms with Crippen LogP contribution in [0, 0.1) is 10.1 Å². The Morgan fingerprint density at radius 3 is 2.83 bits per heavy atom. The van der Waals surface area contributed by atoms with Crippen molar-refractivity contribution in [2.75, 3.05) is 18.6 Å². The normalized spacial score (nSPS) is 13.3. The Hall–Kier alpha value is -2.89. The third kappa shape index (κ3) is 2.88. The SMILES string of the molecule is COc1cccc(C(=O)N2CCCc3ccc([N+](=O)[O-])cc32)c1. The molecule has 0 N–H and O–H groups in total. The van der Waals surface area contributed by atoms with Crippen molar-refractivity contribution in [1.82, 2.24) is 0 Å². The quantitative estimate of drug-likeness (QED) is 0.644. The monoisotopic (exact) mass is 312 g/mol. The molecule has 1 aliphatic rings. The fourth-order valence-electron chi connectivity index (χ4n) is 2.80. The van der Waals surface area contributed by atoms with Crippen LogP contribution in [0.15, 0.2) is 42.5 Å². The molecule has 1 heterocycles. The van der Waals surface area contributed by atoms with Gasteiger partial charge in [0.2, 0.25) is 0 Å². The van der Waals surface area contributed by atoms with Crippen LogP contribution < -0.4 is 9.64 Å². The molecule has 3 rings (SSSR count). The van der Waals surface area contributed by atoms with Crippen LogP contribution in [0.25, 0.3) is 0 Å². The molecule has 2 aromatic rings. The van der Waals surface area contributed by atoms with E-state index in [-0.39, 0.29) is 11.6 Å². The van der Waals surface area contributed by atoms with Crippen molar-refractivity contribution in [2.45, 2.75) is 12.8 Å². The van der Waals surface area contributed by atoms with Gasteiger partial charge in [-0.2, -0.15) is 0 Å². The lowest BCUT2D eigenvalue weighted by Crippen LogP contribution is -2.35. The van der Waals surface area contributed by atoms with E-state index in [1.807, 2.05) is 0 Å². The van der Waals surface area contributed by atoms with Crippen LogP contribution in [0.3, 0.4) is 0 Å². The average molecular weight is 312 g/mol. The molecule has 0 aliphatic carbocycles. The number of ether oxygens (including phenoxy) is 1. The minimum absolute atomic E-state index is 0.00547. The van der Waals surface area contributed by atoms with Crippen molar-refractivity contribution in [3.63, 3.8) is 0 Å². The van der Waals surface area contributed by atoms with Gasteiger partial charge in [-0.05, 0) is 36.6 Å². The number of nitro benzene ring substituents is 1. The Bertz CT molecular complexity index is 773. The molecule has 6 nitrogen and oxygen atoms in total.